The van der Waals surface area contributed by atoms with Gasteiger partial charge in [-0.25, -0.2) is 0 Å². The molecule has 1 saturated carbocycles. The molecule has 1 fully saturated rings. The van der Waals surface area contributed by atoms with E-state index in [4.69, 9.17) is 10.5 Å². The summed E-state index contributed by atoms with van der Waals surface area (Å²) in [5, 5.41) is 12.2. The molecule has 112 valence electrons. The Morgan fingerprint density at radius 2 is 2.14 bits per heavy atom. The minimum atomic E-state index is -0.711. The van der Waals surface area contributed by atoms with Crippen LogP contribution in [0.1, 0.15) is 37.7 Å². The summed E-state index contributed by atoms with van der Waals surface area (Å²) in [5.41, 5.74) is 5.80. The van der Waals surface area contributed by atoms with Crippen LogP contribution in [-0.4, -0.2) is 18.1 Å². The van der Waals surface area contributed by atoms with E-state index < -0.39 is 5.54 Å². The summed E-state index contributed by atoms with van der Waals surface area (Å²) in [4.78, 5) is 12.0. The van der Waals surface area contributed by atoms with Crippen molar-refractivity contribution in [2.24, 2.45) is 5.73 Å². The van der Waals surface area contributed by atoms with Crippen molar-refractivity contribution in [1.29, 1.82) is 5.26 Å². The van der Waals surface area contributed by atoms with E-state index in [0.29, 0.717) is 12.3 Å². The van der Waals surface area contributed by atoms with Gasteiger partial charge in [-0.3, -0.25) is 4.79 Å². The lowest BCUT2D eigenvalue weighted by Crippen LogP contribution is -2.50. The quantitative estimate of drug-likeness (QED) is 0.865. The second kappa shape index (κ2) is 7.09. The van der Waals surface area contributed by atoms with Crippen molar-refractivity contribution < 1.29 is 9.53 Å². The van der Waals surface area contributed by atoms with Gasteiger partial charge in [-0.1, -0.05) is 31.4 Å². The molecular formula is C16H21N3O2. The van der Waals surface area contributed by atoms with Gasteiger partial charge < -0.3 is 15.8 Å². The predicted molar refractivity (Wildman–Crippen MR) is 79.4 cm³/mol. The molecule has 1 aromatic carbocycles. The van der Waals surface area contributed by atoms with Crippen LogP contribution in [-0.2, 0) is 11.3 Å². The maximum Gasteiger partial charge on any atom is 0.259 e. The Hall–Kier alpha value is -2.06. The highest BCUT2D eigenvalue weighted by molar-refractivity contribution is 5.78. The highest BCUT2D eigenvalue weighted by atomic mass is 16.5. The van der Waals surface area contributed by atoms with Gasteiger partial charge in [0.15, 0.2) is 6.61 Å². The molecular weight excluding hydrogens is 266 g/mol. The maximum atomic E-state index is 12.0. The number of carbonyl (C=O) groups is 1. The fourth-order valence-corrected chi connectivity index (χ4v) is 2.63. The average molecular weight is 287 g/mol. The van der Waals surface area contributed by atoms with E-state index in [2.05, 4.69) is 11.4 Å². The van der Waals surface area contributed by atoms with Crippen LogP contribution in [0.2, 0.25) is 0 Å². The maximum absolute atomic E-state index is 12.0. The zero-order chi connectivity index (χ0) is 15.1. The highest BCUT2D eigenvalue weighted by Gasteiger charge is 2.33. The van der Waals surface area contributed by atoms with E-state index in [1.807, 2.05) is 18.2 Å². The van der Waals surface area contributed by atoms with Crippen LogP contribution in [0.3, 0.4) is 0 Å². The minimum Gasteiger partial charge on any atom is -0.484 e. The molecule has 1 aromatic rings. The topological polar surface area (TPSA) is 88.1 Å². The summed E-state index contributed by atoms with van der Waals surface area (Å²) in [6.07, 6.45) is 4.53. The van der Waals surface area contributed by atoms with Gasteiger partial charge in [-0.2, -0.15) is 5.26 Å². The monoisotopic (exact) mass is 287 g/mol. The summed E-state index contributed by atoms with van der Waals surface area (Å²) in [6.45, 7) is 0.346. The van der Waals surface area contributed by atoms with E-state index in [1.54, 1.807) is 6.07 Å². The molecule has 21 heavy (non-hydrogen) atoms. The summed E-state index contributed by atoms with van der Waals surface area (Å²) in [7, 11) is 0. The van der Waals surface area contributed by atoms with E-state index in [1.165, 1.54) is 0 Å². The number of rotatable bonds is 5. The van der Waals surface area contributed by atoms with Gasteiger partial charge >= 0.3 is 0 Å². The zero-order valence-corrected chi connectivity index (χ0v) is 12.1. The smallest absolute Gasteiger partial charge is 0.259 e. The van der Waals surface area contributed by atoms with Crippen LogP contribution in [0.15, 0.2) is 24.3 Å². The van der Waals surface area contributed by atoms with Crippen LogP contribution in [0.4, 0.5) is 0 Å². The van der Waals surface area contributed by atoms with E-state index in [-0.39, 0.29) is 12.5 Å². The van der Waals surface area contributed by atoms with Gasteiger partial charge in [0.2, 0.25) is 0 Å². The normalized spacial score (nSPS) is 16.8. The number of nitrogens with one attached hydrogen (secondary N) is 1. The number of ether oxygens (including phenoxy) is 1. The summed E-state index contributed by atoms with van der Waals surface area (Å²) in [5.74, 6) is 0.361. The first kappa shape index (κ1) is 15.3. The van der Waals surface area contributed by atoms with Crippen LogP contribution >= 0.6 is 0 Å². The number of hydrogen-bond acceptors (Lipinski definition) is 4. The minimum absolute atomic E-state index is 0.0859. The van der Waals surface area contributed by atoms with Gasteiger partial charge in [0.25, 0.3) is 5.91 Å². The standard InChI is InChI=1S/C16H21N3O2/c17-10-13-5-4-6-14(9-13)21-11-15(20)19-16(12-18)7-2-1-3-8-16/h4-6,9H,1-3,7-8,10-11,17H2,(H,19,20). The zero-order valence-electron chi connectivity index (χ0n) is 12.1. The fourth-order valence-electron chi connectivity index (χ4n) is 2.63. The van der Waals surface area contributed by atoms with E-state index in [0.717, 1.165) is 37.7 Å². The Kier molecular flexibility index (Phi) is 5.18. The van der Waals surface area contributed by atoms with Crippen LogP contribution in [0, 0.1) is 11.3 Å². The van der Waals surface area contributed by atoms with Crippen LogP contribution in [0.25, 0.3) is 0 Å². The molecule has 1 aliphatic rings. The number of nitrogens with zero attached hydrogens (tertiary/aromatic N) is 1. The Labute approximate surface area is 125 Å². The summed E-state index contributed by atoms with van der Waals surface area (Å²) >= 11 is 0. The largest absolute Gasteiger partial charge is 0.484 e. The first-order valence-electron chi connectivity index (χ1n) is 7.31. The lowest BCUT2D eigenvalue weighted by molar-refractivity contribution is -0.124. The molecule has 0 spiro atoms. The fraction of sp³-hybridized carbons (Fsp3) is 0.500. The third-order valence-electron chi connectivity index (χ3n) is 3.80. The van der Waals surface area contributed by atoms with Crippen molar-refractivity contribution in [2.45, 2.75) is 44.2 Å². The Balaban J connectivity index is 1.88. The number of nitriles is 1. The third kappa shape index (κ3) is 4.20. The average Bonchev–Trinajstić information content (AvgIpc) is 2.54. The predicted octanol–water partition coefficient (Wildman–Crippen LogP) is 1.87. The van der Waals surface area contributed by atoms with Crippen molar-refractivity contribution in [3.8, 4) is 11.8 Å². The Morgan fingerprint density at radius 1 is 1.38 bits per heavy atom. The van der Waals surface area contributed by atoms with Gasteiger partial charge in [-0.15, -0.1) is 0 Å². The molecule has 0 unspecified atom stereocenters. The van der Waals surface area contributed by atoms with Crippen molar-refractivity contribution in [3.05, 3.63) is 29.8 Å². The second-order valence-electron chi connectivity index (χ2n) is 5.44. The van der Waals surface area contributed by atoms with Crippen LogP contribution < -0.4 is 15.8 Å². The molecule has 0 bridgehead atoms. The number of hydrogen-bond donors (Lipinski definition) is 2. The lowest BCUT2D eigenvalue weighted by atomic mass is 9.83. The third-order valence-corrected chi connectivity index (χ3v) is 3.80. The van der Waals surface area contributed by atoms with Gasteiger partial charge in [0.05, 0.1) is 6.07 Å². The lowest BCUT2D eigenvalue weighted by Gasteiger charge is -2.31. The van der Waals surface area contributed by atoms with Gasteiger partial charge in [0.1, 0.15) is 11.3 Å². The Morgan fingerprint density at radius 3 is 2.81 bits per heavy atom. The van der Waals surface area contributed by atoms with Crippen molar-refractivity contribution in [2.75, 3.05) is 6.61 Å². The molecule has 0 aromatic heterocycles. The molecule has 0 saturated heterocycles. The molecule has 0 radical (unpaired) electrons. The van der Waals surface area contributed by atoms with Gasteiger partial charge in [0, 0.05) is 6.54 Å². The van der Waals surface area contributed by atoms with Crippen molar-refractivity contribution >= 4 is 5.91 Å². The number of benzene rings is 1. The first-order valence-corrected chi connectivity index (χ1v) is 7.31. The van der Waals surface area contributed by atoms with E-state index in [9.17, 15) is 10.1 Å². The van der Waals surface area contributed by atoms with Crippen molar-refractivity contribution in [3.63, 3.8) is 0 Å². The molecule has 1 aliphatic carbocycles. The molecule has 0 atom stereocenters. The summed E-state index contributed by atoms with van der Waals surface area (Å²) in [6, 6.07) is 9.60. The molecule has 5 nitrogen and oxygen atoms in total. The van der Waals surface area contributed by atoms with E-state index >= 15 is 0 Å². The molecule has 5 heteroatoms. The van der Waals surface area contributed by atoms with Crippen molar-refractivity contribution in [1.82, 2.24) is 5.32 Å². The Bertz CT molecular complexity index is 531. The number of amides is 1. The molecule has 3 N–H and O–H groups in total. The highest BCUT2D eigenvalue weighted by Crippen LogP contribution is 2.27. The summed E-state index contributed by atoms with van der Waals surface area (Å²) < 4.78 is 5.46. The molecule has 0 heterocycles. The SMILES string of the molecule is N#CC1(NC(=O)COc2cccc(CN)c2)CCCCC1. The van der Waals surface area contributed by atoms with Crippen LogP contribution in [0.5, 0.6) is 5.75 Å². The van der Waals surface area contributed by atoms with Gasteiger partial charge in [-0.05, 0) is 30.5 Å². The molecule has 0 aliphatic heterocycles. The first-order chi connectivity index (χ1) is 10.2. The number of carbonyl (C=O) groups excluding carboxylic acids is 1. The number of nitrogens with two attached hydrogens (primary N) is 1. The molecule has 1 amide bonds. The second-order valence-corrected chi connectivity index (χ2v) is 5.44. The molecule has 2 rings (SSSR count).